The average Bonchev–Trinajstić information content (AvgIpc) is 3.34. The number of nitrogens with one attached hydrogen (secondary N) is 1. The van der Waals surface area contributed by atoms with Gasteiger partial charge in [0.1, 0.15) is 5.60 Å². The number of benzene rings is 1. The number of aromatic nitrogens is 2. The summed E-state index contributed by atoms with van der Waals surface area (Å²) in [4.78, 5) is 24.3. The zero-order valence-corrected chi connectivity index (χ0v) is 22.1. The van der Waals surface area contributed by atoms with Crippen LogP contribution in [0.25, 0.3) is 0 Å². The number of rotatable bonds is 5. The van der Waals surface area contributed by atoms with Crippen LogP contribution in [0.2, 0.25) is 0 Å². The SMILES string of the molecule is CC(C)[C@]1(C(=O)N2CCc3ccc(C(F)(F)F)cc3C2)CC[C@@H](NC2CCC(O)(c3ncccn3)CC2)C1. The maximum absolute atomic E-state index is 14.0. The summed E-state index contributed by atoms with van der Waals surface area (Å²) in [5.41, 5.74) is -0.687. The quantitative estimate of drug-likeness (QED) is 0.569. The lowest BCUT2D eigenvalue weighted by Crippen LogP contribution is -2.49. The van der Waals surface area contributed by atoms with E-state index in [2.05, 4.69) is 29.1 Å². The van der Waals surface area contributed by atoms with Crippen molar-refractivity contribution in [3.63, 3.8) is 0 Å². The maximum Gasteiger partial charge on any atom is 0.416 e. The van der Waals surface area contributed by atoms with Crippen molar-refractivity contribution >= 4 is 5.91 Å². The summed E-state index contributed by atoms with van der Waals surface area (Å²) in [7, 11) is 0. The molecule has 9 heteroatoms. The summed E-state index contributed by atoms with van der Waals surface area (Å²) < 4.78 is 39.8. The second kappa shape index (κ2) is 10.2. The van der Waals surface area contributed by atoms with Crippen molar-refractivity contribution in [2.24, 2.45) is 11.3 Å². The molecule has 0 radical (unpaired) electrons. The van der Waals surface area contributed by atoms with Crippen molar-refractivity contribution in [1.29, 1.82) is 0 Å². The van der Waals surface area contributed by atoms with Gasteiger partial charge >= 0.3 is 6.18 Å². The smallest absolute Gasteiger partial charge is 0.382 e. The topological polar surface area (TPSA) is 78.4 Å². The van der Waals surface area contributed by atoms with E-state index in [4.69, 9.17) is 0 Å². The van der Waals surface area contributed by atoms with E-state index in [1.807, 2.05) is 0 Å². The van der Waals surface area contributed by atoms with Crippen LogP contribution in [0.5, 0.6) is 0 Å². The van der Waals surface area contributed by atoms with Gasteiger partial charge in [-0.1, -0.05) is 19.9 Å². The molecular weight excluding hydrogens is 493 g/mol. The van der Waals surface area contributed by atoms with Crippen LogP contribution in [-0.2, 0) is 29.5 Å². The highest BCUT2D eigenvalue weighted by molar-refractivity contribution is 5.84. The molecule has 38 heavy (non-hydrogen) atoms. The molecule has 206 valence electrons. The lowest BCUT2D eigenvalue weighted by atomic mass is 9.73. The van der Waals surface area contributed by atoms with Crippen LogP contribution in [-0.4, -0.2) is 44.5 Å². The lowest BCUT2D eigenvalue weighted by Gasteiger charge is -2.40. The fraction of sp³-hybridized carbons (Fsp3) is 0.621. The molecule has 2 atom stereocenters. The molecule has 5 rings (SSSR count). The summed E-state index contributed by atoms with van der Waals surface area (Å²) in [6.07, 6.45) is 4.64. The molecule has 6 nitrogen and oxygen atoms in total. The van der Waals surface area contributed by atoms with E-state index in [0.29, 0.717) is 37.2 Å². The highest BCUT2D eigenvalue weighted by Crippen LogP contribution is 2.47. The van der Waals surface area contributed by atoms with Gasteiger partial charge in [0.2, 0.25) is 5.91 Å². The fourth-order valence-electron chi connectivity index (χ4n) is 6.76. The first-order valence-electron chi connectivity index (χ1n) is 13.7. The van der Waals surface area contributed by atoms with Gasteiger partial charge in [-0.05, 0) is 86.6 Å². The predicted molar refractivity (Wildman–Crippen MR) is 137 cm³/mol. The Morgan fingerprint density at radius 3 is 2.42 bits per heavy atom. The molecule has 2 heterocycles. The number of carbonyl (C=O) groups excluding carboxylic acids is 1. The van der Waals surface area contributed by atoms with Gasteiger partial charge in [0, 0.05) is 37.6 Å². The van der Waals surface area contributed by atoms with Gasteiger partial charge in [0.05, 0.1) is 11.0 Å². The molecule has 1 amide bonds. The molecule has 2 aromatic rings. The Hall–Kier alpha value is -2.52. The Balaban J connectivity index is 1.23. The molecule has 0 spiro atoms. The van der Waals surface area contributed by atoms with Crippen LogP contribution in [0, 0.1) is 11.3 Å². The van der Waals surface area contributed by atoms with Crippen LogP contribution in [0.3, 0.4) is 0 Å². The number of halogens is 3. The molecule has 2 saturated carbocycles. The summed E-state index contributed by atoms with van der Waals surface area (Å²) in [5, 5.41) is 14.8. The lowest BCUT2D eigenvalue weighted by molar-refractivity contribution is -0.145. The standard InChI is InChI=1S/C29H37F3N4O2/c1-19(2)27(26(37)36-15-9-20-4-5-22(29(30,31)32)16-21(20)18-36)10-6-24(17-27)35-23-7-11-28(38,12-8-23)25-33-13-3-14-34-25/h3-5,13-14,16,19,23-24,35,38H,6-12,15,17-18H2,1-2H3/t23?,24-,27+,28?/m1/s1. The van der Waals surface area contributed by atoms with Gasteiger partial charge in [-0.15, -0.1) is 0 Å². The van der Waals surface area contributed by atoms with E-state index in [9.17, 15) is 23.1 Å². The van der Waals surface area contributed by atoms with Crippen molar-refractivity contribution in [3.8, 4) is 0 Å². The summed E-state index contributed by atoms with van der Waals surface area (Å²) in [5.74, 6) is 0.671. The number of amides is 1. The van der Waals surface area contributed by atoms with Crippen molar-refractivity contribution in [1.82, 2.24) is 20.2 Å². The molecule has 0 unspecified atom stereocenters. The Morgan fingerprint density at radius 2 is 1.76 bits per heavy atom. The second-order valence-electron chi connectivity index (χ2n) is 11.8. The normalized spacial score (nSPS) is 29.9. The Morgan fingerprint density at radius 1 is 1.08 bits per heavy atom. The van der Waals surface area contributed by atoms with Crippen LogP contribution in [0.1, 0.15) is 81.3 Å². The van der Waals surface area contributed by atoms with Crippen molar-refractivity contribution in [2.45, 2.75) is 95.6 Å². The first kappa shape index (κ1) is 27.1. The number of hydrogen-bond donors (Lipinski definition) is 2. The summed E-state index contributed by atoms with van der Waals surface area (Å²) in [6.45, 7) is 4.93. The molecule has 1 aliphatic heterocycles. The van der Waals surface area contributed by atoms with Crippen molar-refractivity contribution in [2.75, 3.05) is 6.54 Å². The summed E-state index contributed by atoms with van der Waals surface area (Å²) in [6, 6.07) is 6.09. The van der Waals surface area contributed by atoms with E-state index >= 15 is 0 Å². The first-order valence-corrected chi connectivity index (χ1v) is 13.7. The van der Waals surface area contributed by atoms with Gasteiger partial charge in [-0.25, -0.2) is 9.97 Å². The van der Waals surface area contributed by atoms with E-state index in [1.165, 1.54) is 6.07 Å². The molecular formula is C29H37F3N4O2. The van der Waals surface area contributed by atoms with E-state index in [1.54, 1.807) is 29.4 Å². The van der Waals surface area contributed by atoms with E-state index in [-0.39, 0.29) is 30.5 Å². The molecule has 1 aromatic carbocycles. The average molecular weight is 531 g/mol. The molecule has 2 N–H and O–H groups in total. The Labute approximate surface area is 222 Å². The molecule has 0 bridgehead atoms. The third kappa shape index (κ3) is 5.19. The number of carbonyl (C=O) groups is 1. The minimum atomic E-state index is -4.40. The minimum Gasteiger partial charge on any atom is -0.382 e. The fourth-order valence-corrected chi connectivity index (χ4v) is 6.76. The third-order valence-corrected chi connectivity index (χ3v) is 9.18. The highest BCUT2D eigenvalue weighted by atomic mass is 19.4. The van der Waals surface area contributed by atoms with Crippen LogP contribution in [0.15, 0.2) is 36.7 Å². The van der Waals surface area contributed by atoms with Gasteiger partial charge in [0.25, 0.3) is 0 Å². The van der Waals surface area contributed by atoms with Gasteiger partial charge in [-0.2, -0.15) is 13.2 Å². The number of fused-ring (bicyclic) bond motifs is 1. The van der Waals surface area contributed by atoms with Gasteiger partial charge in [0.15, 0.2) is 5.82 Å². The number of alkyl halides is 3. The van der Waals surface area contributed by atoms with Crippen molar-refractivity contribution < 1.29 is 23.1 Å². The second-order valence-corrected chi connectivity index (χ2v) is 11.8. The minimum absolute atomic E-state index is 0.0686. The van der Waals surface area contributed by atoms with Crippen LogP contribution >= 0.6 is 0 Å². The molecule has 2 aliphatic carbocycles. The molecule has 0 saturated heterocycles. The first-order chi connectivity index (χ1) is 18.0. The Bertz CT molecular complexity index is 1150. The highest BCUT2D eigenvalue weighted by Gasteiger charge is 2.50. The van der Waals surface area contributed by atoms with Crippen LogP contribution in [0.4, 0.5) is 13.2 Å². The van der Waals surface area contributed by atoms with Crippen molar-refractivity contribution in [3.05, 3.63) is 59.2 Å². The molecule has 2 fully saturated rings. The Kier molecular flexibility index (Phi) is 7.28. The molecule has 3 aliphatic rings. The number of aliphatic hydroxyl groups is 1. The summed E-state index contributed by atoms with van der Waals surface area (Å²) >= 11 is 0. The monoisotopic (exact) mass is 530 g/mol. The van der Waals surface area contributed by atoms with Crippen LogP contribution < -0.4 is 5.32 Å². The maximum atomic E-state index is 14.0. The van der Waals surface area contributed by atoms with Gasteiger partial charge < -0.3 is 15.3 Å². The molecule has 1 aromatic heterocycles. The predicted octanol–water partition coefficient (Wildman–Crippen LogP) is 5.00. The number of nitrogens with zero attached hydrogens (tertiary/aromatic N) is 3. The van der Waals surface area contributed by atoms with E-state index < -0.39 is 22.8 Å². The van der Waals surface area contributed by atoms with E-state index in [0.717, 1.165) is 43.7 Å². The largest absolute Gasteiger partial charge is 0.416 e. The zero-order chi connectivity index (χ0) is 27.1. The zero-order valence-electron chi connectivity index (χ0n) is 22.1. The third-order valence-electron chi connectivity index (χ3n) is 9.18. The number of hydrogen-bond acceptors (Lipinski definition) is 5. The van der Waals surface area contributed by atoms with Gasteiger partial charge in [-0.3, -0.25) is 4.79 Å².